The monoisotopic (exact) mass is 323 g/mol. The average Bonchev–Trinajstić information content (AvgIpc) is 3.31. The molecule has 3 rings (SSSR count). The molecule has 2 unspecified atom stereocenters. The molecule has 1 saturated heterocycles. The van der Waals surface area contributed by atoms with E-state index < -0.39 is 5.60 Å². The van der Waals surface area contributed by atoms with Gasteiger partial charge in [-0.25, -0.2) is 0 Å². The highest BCUT2D eigenvalue weighted by molar-refractivity contribution is 5.02. The van der Waals surface area contributed by atoms with Gasteiger partial charge in [-0.2, -0.15) is 0 Å². The molecule has 1 N–H and O–H groups in total. The van der Waals surface area contributed by atoms with E-state index in [9.17, 15) is 5.11 Å². The Kier molecular flexibility index (Phi) is 5.99. The molecule has 6 atom stereocenters. The van der Waals surface area contributed by atoms with Gasteiger partial charge in [-0.3, -0.25) is 0 Å². The van der Waals surface area contributed by atoms with Crippen molar-refractivity contribution in [2.24, 2.45) is 28.8 Å². The van der Waals surface area contributed by atoms with Crippen LogP contribution in [0.4, 0.5) is 0 Å². The van der Waals surface area contributed by atoms with E-state index in [0.717, 1.165) is 31.3 Å². The van der Waals surface area contributed by atoms with Crippen LogP contribution < -0.4 is 0 Å². The van der Waals surface area contributed by atoms with Crippen LogP contribution in [0.1, 0.15) is 66.2 Å². The molecule has 23 heavy (non-hydrogen) atoms. The molecule has 0 aromatic carbocycles. The molecule has 1 spiro atoms. The zero-order chi connectivity index (χ0) is 17.1. The summed E-state index contributed by atoms with van der Waals surface area (Å²) in [5, 5.41) is 13.8. The number of nitrogens with zero attached hydrogens (tertiary/aromatic N) is 3. The van der Waals surface area contributed by atoms with Crippen LogP contribution in [0, 0.1) is 23.7 Å². The zero-order valence-corrected chi connectivity index (χ0v) is 15.2. The second kappa shape index (κ2) is 7.42. The van der Waals surface area contributed by atoms with Crippen molar-refractivity contribution in [1.29, 1.82) is 0 Å². The maximum absolute atomic E-state index is 10.3. The number of hydrogen-bond donors (Lipinski definition) is 1. The third-order valence-electron chi connectivity index (χ3n) is 6.79. The molecule has 0 aromatic heterocycles. The molecule has 0 bridgehead atoms. The Morgan fingerprint density at radius 2 is 1.43 bits per heavy atom. The van der Waals surface area contributed by atoms with E-state index in [1.807, 2.05) is 13.8 Å². The predicted octanol–water partition coefficient (Wildman–Crippen LogP) is 4.70. The van der Waals surface area contributed by atoms with E-state index in [4.69, 9.17) is 10.3 Å². The molecular formula is C18H33N3O2. The smallest absolute Gasteiger partial charge is 0.0967 e. The molecule has 3 aliphatic rings. The standard InChI is InChI=1S/C9H17N3O.C9H16O/c1-7-4-3-5-8(2)9(7,13)6-11-12-10;1-7-4-3-5-8(2)9(7)6-10-9/h7-8,13H,3-6H2,1-2H3;7-8H,3-6H2,1-2H3/t2*7-,8+,9?. The van der Waals surface area contributed by atoms with Crippen molar-refractivity contribution in [1.82, 2.24) is 0 Å². The number of rotatable bonds is 2. The number of hydrogen-bond acceptors (Lipinski definition) is 3. The molecule has 1 heterocycles. The molecule has 2 aliphatic carbocycles. The zero-order valence-electron chi connectivity index (χ0n) is 15.2. The van der Waals surface area contributed by atoms with Crippen LogP contribution in [0.5, 0.6) is 0 Å². The Labute approximate surface area is 140 Å². The maximum atomic E-state index is 10.3. The average molecular weight is 323 g/mol. The highest BCUT2D eigenvalue weighted by atomic mass is 16.6. The van der Waals surface area contributed by atoms with Gasteiger partial charge < -0.3 is 9.84 Å². The lowest BCUT2D eigenvalue weighted by molar-refractivity contribution is -0.0739. The van der Waals surface area contributed by atoms with Gasteiger partial charge in [0.15, 0.2) is 0 Å². The second-order valence-corrected chi connectivity index (χ2v) is 8.09. The lowest BCUT2D eigenvalue weighted by atomic mass is 9.70. The van der Waals surface area contributed by atoms with Gasteiger partial charge in [0.25, 0.3) is 0 Å². The lowest BCUT2D eigenvalue weighted by Crippen LogP contribution is -2.48. The van der Waals surface area contributed by atoms with Gasteiger partial charge in [0.05, 0.1) is 24.4 Å². The van der Waals surface area contributed by atoms with Crippen molar-refractivity contribution in [3.8, 4) is 0 Å². The maximum Gasteiger partial charge on any atom is 0.0967 e. The van der Waals surface area contributed by atoms with Crippen LogP contribution in [0.3, 0.4) is 0 Å². The molecule has 5 heteroatoms. The van der Waals surface area contributed by atoms with Gasteiger partial charge >= 0.3 is 0 Å². The molecule has 0 radical (unpaired) electrons. The minimum atomic E-state index is -0.773. The highest BCUT2D eigenvalue weighted by Crippen LogP contribution is 2.49. The van der Waals surface area contributed by atoms with E-state index in [-0.39, 0.29) is 18.4 Å². The van der Waals surface area contributed by atoms with Crippen LogP contribution >= 0.6 is 0 Å². The largest absolute Gasteiger partial charge is 0.389 e. The lowest BCUT2D eigenvalue weighted by Gasteiger charge is -2.42. The minimum absolute atomic E-state index is 0.214. The summed E-state index contributed by atoms with van der Waals surface area (Å²) in [5.74, 6) is 2.11. The van der Waals surface area contributed by atoms with Crippen LogP contribution in [0.2, 0.25) is 0 Å². The Morgan fingerprint density at radius 1 is 1.00 bits per heavy atom. The van der Waals surface area contributed by atoms with Crippen LogP contribution in [0.25, 0.3) is 10.4 Å². The summed E-state index contributed by atoms with van der Waals surface area (Å²) in [5.41, 5.74) is 7.80. The second-order valence-electron chi connectivity index (χ2n) is 8.09. The van der Waals surface area contributed by atoms with E-state index in [1.165, 1.54) is 25.7 Å². The molecular weight excluding hydrogens is 290 g/mol. The van der Waals surface area contributed by atoms with Crippen LogP contribution in [0.15, 0.2) is 5.11 Å². The quantitative estimate of drug-likeness (QED) is 0.346. The molecule has 2 saturated carbocycles. The first-order valence-corrected chi connectivity index (χ1v) is 9.24. The summed E-state index contributed by atoms with van der Waals surface area (Å²) < 4.78 is 5.56. The van der Waals surface area contributed by atoms with E-state index in [1.54, 1.807) is 0 Å². The van der Waals surface area contributed by atoms with Crippen molar-refractivity contribution in [3.63, 3.8) is 0 Å². The third kappa shape index (κ3) is 3.84. The first-order chi connectivity index (χ1) is 10.9. The molecule has 1 aliphatic heterocycles. The summed E-state index contributed by atoms with van der Waals surface area (Å²) in [6.07, 6.45) is 7.40. The van der Waals surface area contributed by atoms with Gasteiger partial charge in [0.2, 0.25) is 0 Å². The van der Waals surface area contributed by atoms with Gasteiger partial charge in [0.1, 0.15) is 0 Å². The Bertz CT molecular complexity index is 422. The summed E-state index contributed by atoms with van der Waals surface area (Å²) in [6.45, 7) is 9.98. The fraction of sp³-hybridized carbons (Fsp3) is 1.00. The summed E-state index contributed by atoms with van der Waals surface area (Å²) in [4.78, 5) is 2.71. The normalized spacial score (nSPS) is 45.6. The minimum Gasteiger partial charge on any atom is -0.389 e. The fourth-order valence-corrected chi connectivity index (χ4v) is 4.53. The summed E-state index contributed by atoms with van der Waals surface area (Å²) in [7, 11) is 0. The Hall–Kier alpha value is -0.770. The third-order valence-corrected chi connectivity index (χ3v) is 6.79. The first kappa shape index (κ1) is 18.6. The SMILES string of the molecule is C[C@@H]1CCC[C@H](C)C1(O)CN=[N+]=[N-].C[C@@H]1CCC[C@H](C)C12CO2. The topological polar surface area (TPSA) is 81.5 Å². The van der Waals surface area contributed by atoms with E-state index in [0.29, 0.717) is 5.60 Å². The molecule has 0 aromatic rings. The van der Waals surface area contributed by atoms with Crippen LogP contribution in [-0.4, -0.2) is 29.5 Å². The van der Waals surface area contributed by atoms with Crippen LogP contribution in [-0.2, 0) is 4.74 Å². The number of azide groups is 1. The van der Waals surface area contributed by atoms with Crippen molar-refractivity contribution in [3.05, 3.63) is 10.4 Å². The van der Waals surface area contributed by atoms with Crippen molar-refractivity contribution >= 4 is 0 Å². The van der Waals surface area contributed by atoms with Gasteiger partial charge in [0, 0.05) is 4.91 Å². The first-order valence-electron chi connectivity index (χ1n) is 9.24. The Balaban J connectivity index is 0.000000172. The summed E-state index contributed by atoms with van der Waals surface area (Å²) in [6, 6.07) is 0. The fourth-order valence-electron chi connectivity index (χ4n) is 4.53. The molecule has 0 amide bonds. The molecule has 5 nitrogen and oxygen atoms in total. The van der Waals surface area contributed by atoms with Crippen molar-refractivity contribution in [2.75, 3.05) is 13.2 Å². The van der Waals surface area contributed by atoms with E-state index >= 15 is 0 Å². The van der Waals surface area contributed by atoms with Gasteiger partial charge in [-0.05, 0) is 54.9 Å². The van der Waals surface area contributed by atoms with Crippen molar-refractivity contribution in [2.45, 2.75) is 77.4 Å². The van der Waals surface area contributed by atoms with Gasteiger partial charge in [-0.15, -0.1) is 0 Å². The van der Waals surface area contributed by atoms with Gasteiger partial charge in [-0.1, -0.05) is 45.7 Å². The predicted molar refractivity (Wildman–Crippen MR) is 92.0 cm³/mol. The Morgan fingerprint density at radius 3 is 1.78 bits per heavy atom. The highest BCUT2D eigenvalue weighted by Gasteiger charge is 2.54. The van der Waals surface area contributed by atoms with Crippen molar-refractivity contribution < 1.29 is 9.84 Å². The molecule has 3 fully saturated rings. The molecule has 132 valence electrons. The summed E-state index contributed by atoms with van der Waals surface area (Å²) >= 11 is 0. The number of ether oxygens (including phenoxy) is 1. The number of epoxide rings is 1. The number of aliphatic hydroxyl groups is 1. The van der Waals surface area contributed by atoms with E-state index in [2.05, 4.69) is 23.9 Å².